The quantitative estimate of drug-likeness (QED) is 0.244. The van der Waals surface area contributed by atoms with Crippen LogP contribution in [0.25, 0.3) is 22.4 Å². The molecule has 3 aromatic carbocycles. The molecule has 0 fully saturated rings. The van der Waals surface area contributed by atoms with E-state index in [-0.39, 0.29) is 21.8 Å². The van der Waals surface area contributed by atoms with Crippen molar-refractivity contribution in [3.63, 3.8) is 0 Å². The molecule has 42 heavy (non-hydrogen) atoms. The van der Waals surface area contributed by atoms with Crippen LogP contribution in [0.4, 0.5) is 15.8 Å². The van der Waals surface area contributed by atoms with Gasteiger partial charge in [0.2, 0.25) is 15.7 Å². The predicted octanol–water partition coefficient (Wildman–Crippen LogP) is 4.38. The topological polar surface area (TPSA) is 151 Å². The maximum atomic E-state index is 13.9. The molecule has 5 aromatic rings. The molecule has 12 heteroatoms. The molecule has 4 N–H and O–H groups in total. The summed E-state index contributed by atoms with van der Waals surface area (Å²) in [4.78, 5) is 28.5. The lowest BCUT2D eigenvalue weighted by atomic mass is 9.99. The van der Waals surface area contributed by atoms with Crippen molar-refractivity contribution in [2.75, 3.05) is 11.4 Å². The van der Waals surface area contributed by atoms with Crippen LogP contribution in [-0.4, -0.2) is 40.7 Å². The SMILES string of the molecule is CCN(c1ccccc1)c1c(-c2cnn(C)c2)[nH]c(=O)c(S(=O)(=O)c2ccc(-c3ccc(F)cc3C(N)=O)cc2)c1O. The summed E-state index contributed by atoms with van der Waals surface area (Å²) < 4.78 is 42.9. The van der Waals surface area contributed by atoms with Gasteiger partial charge in [0.25, 0.3) is 5.56 Å². The van der Waals surface area contributed by atoms with Crippen molar-refractivity contribution < 1.29 is 22.7 Å². The van der Waals surface area contributed by atoms with E-state index < -0.39 is 37.8 Å². The van der Waals surface area contributed by atoms with Crippen molar-refractivity contribution in [1.82, 2.24) is 14.8 Å². The number of aromatic nitrogens is 3. The Morgan fingerprint density at radius 1 is 1.07 bits per heavy atom. The number of aromatic hydroxyl groups is 1. The summed E-state index contributed by atoms with van der Waals surface area (Å²) in [7, 11) is -2.87. The first-order chi connectivity index (χ1) is 20.0. The Kier molecular flexibility index (Phi) is 7.40. The summed E-state index contributed by atoms with van der Waals surface area (Å²) in [5.41, 5.74) is 6.42. The molecular weight excluding hydrogens is 561 g/mol. The minimum Gasteiger partial charge on any atom is -0.504 e. The number of aromatic amines is 1. The van der Waals surface area contributed by atoms with Gasteiger partial charge >= 0.3 is 0 Å². The number of primary amides is 1. The van der Waals surface area contributed by atoms with Gasteiger partial charge < -0.3 is 20.7 Å². The number of aryl methyl sites for hydroxylation is 1. The average molecular weight is 588 g/mol. The number of benzene rings is 3. The highest BCUT2D eigenvalue weighted by Gasteiger charge is 2.32. The van der Waals surface area contributed by atoms with E-state index in [1.165, 1.54) is 41.2 Å². The lowest BCUT2D eigenvalue weighted by Crippen LogP contribution is -2.24. The summed E-state index contributed by atoms with van der Waals surface area (Å²) in [6.07, 6.45) is 3.13. The van der Waals surface area contributed by atoms with Gasteiger partial charge in [-0.2, -0.15) is 5.10 Å². The number of hydrogen-bond donors (Lipinski definition) is 3. The van der Waals surface area contributed by atoms with Crippen molar-refractivity contribution in [2.24, 2.45) is 12.8 Å². The van der Waals surface area contributed by atoms with Crippen LogP contribution in [0.1, 0.15) is 17.3 Å². The lowest BCUT2D eigenvalue weighted by Gasteiger charge is -2.27. The first-order valence-corrected chi connectivity index (χ1v) is 14.3. The molecule has 5 rings (SSSR count). The molecule has 0 radical (unpaired) electrons. The van der Waals surface area contributed by atoms with Gasteiger partial charge in [0.15, 0.2) is 10.6 Å². The van der Waals surface area contributed by atoms with Crippen LogP contribution < -0.4 is 16.2 Å². The Bertz CT molecular complexity index is 1970. The second-order valence-electron chi connectivity index (χ2n) is 9.42. The second kappa shape index (κ2) is 11.0. The van der Waals surface area contributed by atoms with E-state index in [0.29, 0.717) is 28.9 Å². The largest absolute Gasteiger partial charge is 0.504 e. The normalized spacial score (nSPS) is 11.4. The number of amides is 1. The second-order valence-corrected chi connectivity index (χ2v) is 11.3. The van der Waals surface area contributed by atoms with E-state index in [9.17, 15) is 27.5 Å². The van der Waals surface area contributed by atoms with Gasteiger partial charge in [0.1, 0.15) is 11.5 Å². The maximum absolute atomic E-state index is 13.9. The Labute approximate surface area is 240 Å². The number of pyridine rings is 1. The summed E-state index contributed by atoms with van der Waals surface area (Å²) in [6, 6.07) is 17.8. The third-order valence-corrected chi connectivity index (χ3v) is 8.57. The zero-order valence-electron chi connectivity index (χ0n) is 22.6. The van der Waals surface area contributed by atoms with Crippen molar-refractivity contribution >= 4 is 27.1 Å². The van der Waals surface area contributed by atoms with E-state index >= 15 is 0 Å². The highest BCUT2D eigenvalue weighted by molar-refractivity contribution is 7.91. The number of nitrogens with one attached hydrogen (secondary N) is 1. The molecule has 0 aliphatic carbocycles. The molecule has 0 spiro atoms. The van der Waals surface area contributed by atoms with Crippen LogP contribution in [0.5, 0.6) is 5.75 Å². The smallest absolute Gasteiger partial charge is 0.271 e. The summed E-state index contributed by atoms with van der Waals surface area (Å²) >= 11 is 0. The molecular formula is C30H26FN5O5S. The number of anilines is 2. The highest BCUT2D eigenvalue weighted by Crippen LogP contribution is 2.43. The summed E-state index contributed by atoms with van der Waals surface area (Å²) in [5, 5.41) is 15.7. The fourth-order valence-electron chi connectivity index (χ4n) is 4.82. The Morgan fingerprint density at radius 3 is 2.36 bits per heavy atom. The van der Waals surface area contributed by atoms with Gasteiger partial charge in [0.05, 0.1) is 16.8 Å². The van der Waals surface area contributed by atoms with Crippen molar-refractivity contribution in [2.45, 2.75) is 16.7 Å². The molecule has 214 valence electrons. The minimum absolute atomic E-state index is 0.0732. The number of nitrogens with two attached hydrogens (primary N) is 1. The van der Waals surface area contributed by atoms with Crippen LogP contribution in [-0.2, 0) is 16.9 Å². The Hall–Kier alpha value is -5.23. The van der Waals surface area contributed by atoms with Gasteiger partial charge in [-0.15, -0.1) is 0 Å². The Morgan fingerprint density at radius 2 is 1.76 bits per heavy atom. The van der Waals surface area contributed by atoms with Gasteiger partial charge in [-0.05, 0) is 54.4 Å². The van der Waals surface area contributed by atoms with Crippen LogP contribution >= 0.6 is 0 Å². The molecule has 0 saturated heterocycles. The number of sulfone groups is 1. The average Bonchev–Trinajstić information content (AvgIpc) is 3.41. The van der Waals surface area contributed by atoms with Crippen molar-refractivity contribution in [3.05, 3.63) is 107 Å². The third-order valence-electron chi connectivity index (χ3n) is 6.76. The number of nitrogens with zero attached hydrogens (tertiary/aromatic N) is 3. The van der Waals surface area contributed by atoms with Gasteiger partial charge in [0, 0.05) is 36.6 Å². The number of carbonyl (C=O) groups excluding carboxylic acids is 1. The van der Waals surface area contributed by atoms with Crippen molar-refractivity contribution in [1.29, 1.82) is 0 Å². The molecule has 2 heterocycles. The molecule has 0 aliphatic rings. The molecule has 10 nitrogen and oxygen atoms in total. The third kappa shape index (κ3) is 5.03. The fourth-order valence-corrected chi connectivity index (χ4v) is 6.19. The van der Waals surface area contributed by atoms with Crippen LogP contribution in [0, 0.1) is 5.82 Å². The molecule has 0 bridgehead atoms. The van der Waals surface area contributed by atoms with E-state index in [1.54, 1.807) is 42.4 Å². The van der Waals surface area contributed by atoms with Gasteiger partial charge in [-0.25, -0.2) is 12.8 Å². The standard InChI is InChI=1S/C30H26FN5O5S/c1-3-36(21-7-5-4-6-8-21)26-25(19-16-33-35(2)17-19)34-30(39)28(27(26)37)42(40,41)22-12-9-18(10-13-22)23-14-11-20(31)15-24(23)29(32)38/h4-17H,3H2,1-2H3,(H2,32,38)(H2,34,37,39). The van der Waals surface area contributed by atoms with Crippen LogP contribution in [0.15, 0.2) is 99.8 Å². The summed E-state index contributed by atoms with van der Waals surface area (Å²) in [5.74, 6) is -2.22. The Balaban J connectivity index is 1.68. The van der Waals surface area contributed by atoms with E-state index in [1.807, 2.05) is 13.0 Å². The maximum Gasteiger partial charge on any atom is 0.271 e. The highest BCUT2D eigenvalue weighted by atomic mass is 32.2. The molecule has 2 aromatic heterocycles. The van der Waals surface area contributed by atoms with Crippen LogP contribution in [0.3, 0.4) is 0 Å². The van der Waals surface area contributed by atoms with E-state index in [0.717, 1.165) is 12.1 Å². The number of rotatable bonds is 8. The summed E-state index contributed by atoms with van der Waals surface area (Å²) in [6.45, 7) is 2.15. The predicted molar refractivity (Wildman–Crippen MR) is 156 cm³/mol. The number of hydrogen-bond acceptors (Lipinski definition) is 7. The zero-order chi connectivity index (χ0) is 30.2. The number of halogens is 1. The monoisotopic (exact) mass is 587 g/mol. The first kappa shape index (κ1) is 28.3. The number of para-hydroxylation sites is 1. The van der Waals surface area contributed by atoms with Crippen LogP contribution in [0.2, 0.25) is 0 Å². The molecule has 0 saturated carbocycles. The zero-order valence-corrected chi connectivity index (χ0v) is 23.4. The molecule has 0 aliphatic heterocycles. The fraction of sp³-hybridized carbons (Fsp3) is 0.100. The first-order valence-electron chi connectivity index (χ1n) is 12.8. The molecule has 1 amide bonds. The van der Waals surface area contributed by atoms with Gasteiger partial charge in [-0.1, -0.05) is 36.4 Å². The van der Waals surface area contributed by atoms with E-state index in [2.05, 4.69) is 10.1 Å². The molecule has 0 unspecified atom stereocenters. The lowest BCUT2D eigenvalue weighted by molar-refractivity contribution is 0.100. The van der Waals surface area contributed by atoms with Gasteiger partial charge in [-0.3, -0.25) is 14.3 Å². The van der Waals surface area contributed by atoms with Crippen molar-refractivity contribution in [3.8, 4) is 28.1 Å². The molecule has 0 atom stereocenters. The van der Waals surface area contributed by atoms with E-state index in [4.69, 9.17) is 5.73 Å². The minimum atomic E-state index is -4.57. The number of H-pyrrole nitrogens is 1. The number of carbonyl (C=O) groups is 1.